The Morgan fingerprint density at radius 2 is 1.79 bits per heavy atom. The van der Waals surface area contributed by atoms with Crippen LogP contribution in [0.1, 0.15) is 18.4 Å². The van der Waals surface area contributed by atoms with Crippen LogP contribution in [0.5, 0.6) is 0 Å². The Balaban J connectivity index is 1.92. The summed E-state index contributed by atoms with van der Waals surface area (Å²) in [7, 11) is 0. The molecule has 0 atom stereocenters. The lowest BCUT2D eigenvalue weighted by molar-refractivity contribution is 0.372. The van der Waals surface area contributed by atoms with E-state index in [9.17, 15) is 0 Å². The number of nitrogens with one attached hydrogen (secondary N) is 1. The van der Waals surface area contributed by atoms with Crippen LogP contribution in [0.4, 0.5) is 5.69 Å². The van der Waals surface area contributed by atoms with Crippen molar-refractivity contribution in [2.75, 3.05) is 18.8 Å². The van der Waals surface area contributed by atoms with Crippen LogP contribution in [0, 0.1) is 5.92 Å². The SMILES string of the molecule is Nc1ccc(CC2CCNCC2)cc1. The van der Waals surface area contributed by atoms with Gasteiger partial charge in [0.1, 0.15) is 0 Å². The average molecular weight is 190 g/mol. The maximum Gasteiger partial charge on any atom is 0.0314 e. The molecule has 3 N–H and O–H groups in total. The monoisotopic (exact) mass is 190 g/mol. The molecule has 1 heterocycles. The van der Waals surface area contributed by atoms with E-state index in [0.29, 0.717) is 0 Å². The number of hydrogen-bond acceptors (Lipinski definition) is 2. The highest BCUT2D eigenvalue weighted by molar-refractivity contribution is 5.39. The predicted octanol–water partition coefficient (Wildman–Crippen LogP) is 1.81. The van der Waals surface area contributed by atoms with Crippen molar-refractivity contribution in [3.8, 4) is 0 Å². The van der Waals surface area contributed by atoms with Crippen LogP contribution in [0.2, 0.25) is 0 Å². The summed E-state index contributed by atoms with van der Waals surface area (Å²) in [5, 5.41) is 3.39. The molecule has 2 nitrogen and oxygen atoms in total. The third kappa shape index (κ3) is 2.48. The molecule has 2 heteroatoms. The molecule has 76 valence electrons. The van der Waals surface area contributed by atoms with Gasteiger partial charge in [0.25, 0.3) is 0 Å². The predicted molar refractivity (Wildman–Crippen MR) is 60.2 cm³/mol. The maximum atomic E-state index is 5.65. The van der Waals surface area contributed by atoms with E-state index < -0.39 is 0 Å². The van der Waals surface area contributed by atoms with Crippen molar-refractivity contribution < 1.29 is 0 Å². The number of piperidine rings is 1. The molecule has 1 saturated heterocycles. The largest absolute Gasteiger partial charge is 0.399 e. The first-order valence-electron chi connectivity index (χ1n) is 5.40. The van der Waals surface area contributed by atoms with Gasteiger partial charge >= 0.3 is 0 Å². The van der Waals surface area contributed by atoms with Crippen molar-refractivity contribution in [3.05, 3.63) is 29.8 Å². The van der Waals surface area contributed by atoms with E-state index in [1.807, 2.05) is 12.1 Å². The Bertz CT molecular complexity index is 273. The molecule has 1 aromatic rings. The Hall–Kier alpha value is -1.02. The second kappa shape index (κ2) is 4.47. The highest BCUT2D eigenvalue weighted by Crippen LogP contribution is 2.18. The zero-order chi connectivity index (χ0) is 9.80. The van der Waals surface area contributed by atoms with Gasteiger partial charge in [0, 0.05) is 5.69 Å². The molecule has 0 aromatic heterocycles. The van der Waals surface area contributed by atoms with Crippen molar-refractivity contribution in [1.29, 1.82) is 0 Å². The Morgan fingerprint density at radius 1 is 1.14 bits per heavy atom. The van der Waals surface area contributed by atoms with E-state index in [2.05, 4.69) is 17.4 Å². The van der Waals surface area contributed by atoms with Gasteiger partial charge in [-0.2, -0.15) is 0 Å². The van der Waals surface area contributed by atoms with E-state index in [-0.39, 0.29) is 0 Å². The van der Waals surface area contributed by atoms with Crippen molar-refractivity contribution in [1.82, 2.24) is 5.32 Å². The summed E-state index contributed by atoms with van der Waals surface area (Å²) < 4.78 is 0. The van der Waals surface area contributed by atoms with Crippen LogP contribution in [0.25, 0.3) is 0 Å². The van der Waals surface area contributed by atoms with Crippen LogP contribution in [0.3, 0.4) is 0 Å². The molecular formula is C12H18N2. The molecular weight excluding hydrogens is 172 g/mol. The second-order valence-corrected chi connectivity index (χ2v) is 4.14. The quantitative estimate of drug-likeness (QED) is 0.698. The van der Waals surface area contributed by atoms with Gasteiger partial charge in [0.15, 0.2) is 0 Å². The van der Waals surface area contributed by atoms with Gasteiger partial charge in [-0.3, -0.25) is 0 Å². The molecule has 0 spiro atoms. The molecule has 1 aliphatic heterocycles. The topological polar surface area (TPSA) is 38.0 Å². The Labute approximate surface area is 85.5 Å². The van der Waals surface area contributed by atoms with Crippen molar-refractivity contribution in [2.24, 2.45) is 5.92 Å². The summed E-state index contributed by atoms with van der Waals surface area (Å²) in [6.07, 6.45) is 3.83. The molecule has 0 bridgehead atoms. The first-order chi connectivity index (χ1) is 6.84. The zero-order valence-electron chi connectivity index (χ0n) is 8.50. The first-order valence-corrected chi connectivity index (χ1v) is 5.40. The van der Waals surface area contributed by atoms with E-state index in [4.69, 9.17) is 5.73 Å². The molecule has 0 radical (unpaired) electrons. The van der Waals surface area contributed by atoms with Crippen molar-refractivity contribution in [2.45, 2.75) is 19.3 Å². The highest BCUT2D eigenvalue weighted by atomic mass is 14.9. The number of nitrogen functional groups attached to an aromatic ring is 1. The van der Waals surface area contributed by atoms with E-state index in [1.54, 1.807) is 0 Å². The van der Waals surface area contributed by atoms with Gasteiger partial charge in [0.2, 0.25) is 0 Å². The lowest BCUT2D eigenvalue weighted by atomic mass is 9.91. The van der Waals surface area contributed by atoms with Crippen molar-refractivity contribution >= 4 is 5.69 Å². The summed E-state index contributed by atoms with van der Waals surface area (Å²) in [5.41, 5.74) is 7.93. The fraction of sp³-hybridized carbons (Fsp3) is 0.500. The fourth-order valence-corrected chi connectivity index (χ4v) is 2.07. The highest BCUT2D eigenvalue weighted by Gasteiger charge is 2.12. The summed E-state index contributed by atoms with van der Waals surface area (Å²) in [6, 6.07) is 8.29. The number of rotatable bonds is 2. The Morgan fingerprint density at radius 3 is 2.43 bits per heavy atom. The van der Waals surface area contributed by atoms with Gasteiger partial charge in [0.05, 0.1) is 0 Å². The molecule has 0 unspecified atom stereocenters. The second-order valence-electron chi connectivity index (χ2n) is 4.14. The molecule has 0 aliphatic carbocycles. The molecule has 2 rings (SSSR count). The van der Waals surface area contributed by atoms with Crippen LogP contribution in [0.15, 0.2) is 24.3 Å². The minimum atomic E-state index is 0.860. The minimum Gasteiger partial charge on any atom is -0.399 e. The standard InChI is InChI=1S/C12H18N2/c13-12-3-1-10(2-4-12)9-11-5-7-14-8-6-11/h1-4,11,14H,5-9,13H2. The molecule has 1 aromatic carbocycles. The van der Waals surface area contributed by atoms with Crippen LogP contribution in [-0.4, -0.2) is 13.1 Å². The lowest BCUT2D eigenvalue weighted by Gasteiger charge is -2.22. The molecule has 1 fully saturated rings. The van der Waals surface area contributed by atoms with Gasteiger partial charge in [-0.15, -0.1) is 0 Å². The summed E-state index contributed by atoms with van der Waals surface area (Å²) in [5.74, 6) is 0.861. The maximum absolute atomic E-state index is 5.65. The molecule has 14 heavy (non-hydrogen) atoms. The van der Waals surface area contributed by atoms with Gasteiger partial charge in [-0.1, -0.05) is 12.1 Å². The summed E-state index contributed by atoms with van der Waals surface area (Å²) in [6.45, 7) is 2.36. The average Bonchev–Trinajstić information content (AvgIpc) is 2.23. The lowest BCUT2D eigenvalue weighted by Crippen LogP contribution is -2.28. The third-order valence-electron chi connectivity index (χ3n) is 2.96. The van der Waals surface area contributed by atoms with Crippen molar-refractivity contribution in [3.63, 3.8) is 0 Å². The molecule has 1 aliphatic rings. The van der Waals surface area contributed by atoms with Crippen LogP contribution < -0.4 is 11.1 Å². The normalized spacial score (nSPS) is 18.3. The number of nitrogens with two attached hydrogens (primary N) is 1. The number of benzene rings is 1. The van der Waals surface area contributed by atoms with Gasteiger partial charge in [-0.05, 0) is 56.0 Å². The van der Waals surface area contributed by atoms with E-state index in [1.165, 1.54) is 37.9 Å². The third-order valence-corrected chi connectivity index (χ3v) is 2.96. The fourth-order valence-electron chi connectivity index (χ4n) is 2.07. The number of anilines is 1. The van der Waals surface area contributed by atoms with Crippen LogP contribution in [-0.2, 0) is 6.42 Å². The zero-order valence-corrected chi connectivity index (χ0v) is 8.50. The Kier molecular flexibility index (Phi) is 3.04. The summed E-state index contributed by atoms with van der Waals surface area (Å²) >= 11 is 0. The van der Waals surface area contributed by atoms with E-state index >= 15 is 0 Å². The molecule has 0 amide bonds. The van der Waals surface area contributed by atoms with Gasteiger partial charge < -0.3 is 11.1 Å². The smallest absolute Gasteiger partial charge is 0.0314 e. The van der Waals surface area contributed by atoms with Gasteiger partial charge in [-0.25, -0.2) is 0 Å². The first kappa shape index (κ1) is 9.53. The number of hydrogen-bond donors (Lipinski definition) is 2. The van der Waals surface area contributed by atoms with E-state index in [0.717, 1.165) is 11.6 Å². The van der Waals surface area contributed by atoms with Crippen LogP contribution >= 0.6 is 0 Å². The molecule has 0 saturated carbocycles. The minimum absolute atomic E-state index is 0.860. The summed E-state index contributed by atoms with van der Waals surface area (Å²) in [4.78, 5) is 0.